The van der Waals surface area contributed by atoms with Crippen molar-refractivity contribution in [1.82, 2.24) is 49.5 Å². The minimum atomic E-state index is -0.0569. The van der Waals surface area contributed by atoms with E-state index in [0.717, 1.165) is 126 Å². The van der Waals surface area contributed by atoms with Gasteiger partial charge in [0.1, 0.15) is 36.5 Å². The Hall–Kier alpha value is -6.80. The molecule has 12 rings (SSSR count). The third kappa shape index (κ3) is 13.3. The Kier molecular flexibility index (Phi) is 22.6. The van der Waals surface area contributed by atoms with E-state index in [2.05, 4.69) is 136 Å². The number of H-pyrrole nitrogens is 1. The molecule has 10 heterocycles. The maximum absolute atomic E-state index is 12.5. The number of aromatic nitrogens is 6. The summed E-state index contributed by atoms with van der Waals surface area (Å²) in [5.41, 5.74) is 13.8. The van der Waals surface area contributed by atoms with Crippen molar-refractivity contribution in [3.63, 3.8) is 0 Å². The number of nitriles is 2. The number of pyridine rings is 2. The molecule has 1 N–H and O–H groups in total. The van der Waals surface area contributed by atoms with Gasteiger partial charge in [-0.15, -0.1) is 0 Å². The second kappa shape index (κ2) is 29.0. The molecule has 4 atom stereocenters. The predicted molar refractivity (Wildman–Crippen MR) is 365 cm³/mol. The molecule has 0 bridgehead atoms. The van der Waals surface area contributed by atoms with Gasteiger partial charge in [0.05, 0.1) is 70.7 Å². The molecule has 0 radical (unpaired) electrons. The largest absolute Gasteiger partial charge is 0.475 e. The van der Waals surface area contributed by atoms with Crippen LogP contribution in [0.3, 0.4) is 0 Å². The van der Waals surface area contributed by atoms with Crippen LogP contribution in [-0.4, -0.2) is 178 Å². The lowest BCUT2D eigenvalue weighted by molar-refractivity contribution is -0.129. The molecular formula is C63H86N16O4S4. The van der Waals surface area contributed by atoms with E-state index in [1.165, 1.54) is 29.0 Å². The van der Waals surface area contributed by atoms with Crippen LogP contribution >= 0.6 is 54.0 Å². The van der Waals surface area contributed by atoms with Crippen molar-refractivity contribution in [3.05, 3.63) is 107 Å². The van der Waals surface area contributed by atoms with Crippen LogP contribution < -0.4 is 29.1 Å². The number of aryl methyl sites for hydroxylation is 3. The predicted octanol–water partition coefficient (Wildman–Crippen LogP) is 7.26. The number of hydrogen-bond acceptors (Lipinski definition) is 16. The summed E-state index contributed by atoms with van der Waals surface area (Å²) >= 11 is 0. The molecule has 4 fully saturated rings. The molecule has 20 nitrogen and oxygen atoms in total. The number of amides is 2. The van der Waals surface area contributed by atoms with Crippen molar-refractivity contribution in [2.24, 2.45) is 7.05 Å². The first-order chi connectivity index (χ1) is 40.2. The number of fused-ring (bicyclic) bond motifs is 4. The average Bonchev–Trinajstić information content (AvgIpc) is 1.13. The number of benzene rings is 2. The summed E-state index contributed by atoms with van der Waals surface area (Å²) in [6.45, 7) is 25.4. The molecule has 466 valence electrons. The Bertz CT molecular complexity index is 3580. The Labute approximate surface area is 539 Å². The molecule has 0 aliphatic carbocycles. The Morgan fingerprint density at radius 3 is 1.54 bits per heavy atom. The SMILES string of the molecule is C=CC(=O)N1CCN(c2c(C#N)c(OC[C@@H]3CCCN3C)nc3c2CCN(c2c(C)ccc4[nH]ncc24)C3)C[C@@H]1C.C=CC(=O)N1CCN(c2c(C#N)c(OC[C@@H]3CCCN3C)nc3c2CCN(c2c(C)ccc4c2cnn4C)C3)C[C@@H]1C.S.S.S.S. The van der Waals surface area contributed by atoms with Crippen LogP contribution in [0.1, 0.15) is 84.3 Å². The number of hydrogen-bond donors (Lipinski definition) is 1. The highest BCUT2D eigenvalue weighted by atomic mass is 32.1. The Morgan fingerprint density at radius 1 is 0.632 bits per heavy atom. The highest BCUT2D eigenvalue weighted by molar-refractivity contribution is 7.59. The quantitative estimate of drug-likeness (QED) is 0.120. The van der Waals surface area contributed by atoms with E-state index in [1.54, 1.807) is 0 Å². The van der Waals surface area contributed by atoms with Gasteiger partial charge in [0.2, 0.25) is 23.6 Å². The molecule has 24 heteroatoms. The van der Waals surface area contributed by atoms with Gasteiger partial charge < -0.3 is 48.7 Å². The first-order valence-corrected chi connectivity index (χ1v) is 29.5. The van der Waals surface area contributed by atoms with Crippen LogP contribution in [0.25, 0.3) is 21.8 Å². The van der Waals surface area contributed by atoms with Gasteiger partial charge in [0, 0.05) is 105 Å². The monoisotopic (exact) mass is 1260 g/mol. The van der Waals surface area contributed by atoms with Crippen molar-refractivity contribution in [1.29, 1.82) is 10.5 Å². The van der Waals surface area contributed by atoms with E-state index >= 15 is 0 Å². The summed E-state index contributed by atoms with van der Waals surface area (Å²) in [6, 6.07) is 14.0. The molecular weight excluding hydrogens is 1170 g/mol. The van der Waals surface area contributed by atoms with E-state index in [9.17, 15) is 20.1 Å². The molecule has 6 aliphatic rings. The number of likely N-dealkylation sites (tertiary alicyclic amines) is 2. The first-order valence-electron chi connectivity index (χ1n) is 29.5. The number of nitrogens with one attached hydrogen (secondary N) is 1. The number of carbonyl (C=O) groups is 2. The molecule has 2 amide bonds. The average molecular weight is 1260 g/mol. The standard InChI is InChI=1S/C32H40N8O2.C31H38N8O2.4H2S/c1-6-29(41)40-15-14-39(18-22(40)3)31-24-11-13-38(30-21(2)9-10-28-26(30)17-34-37(28)5)19-27(24)35-32(25(31)16-33)42-20-23-8-7-12-36(23)4;1-5-28(40)39-14-13-38(17-21(39)3)30-23-10-12-37(29-20(2)8-9-26-25(29)16-33-35-26)18-27(23)34-31(24(30)15-32)41-19-22-7-6-11-36(22)4;;;;/h6,9-10,17,22-23H,1,7-8,11-15,18-20H2,2-5H3;5,8-9,16,21-22H,1,6-7,10-14,17-19H2,2-4H3,(H,33,35);4*1H2/t22-,23-;21-,22-;;;;/m00..../s1. The second-order valence-corrected chi connectivity index (χ2v) is 23.4. The van der Waals surface area contributed by atoms with Crippen molar-refractivity contribution >= 4 is 110 Å². The van der Waals surface area contributed by atoms with Crippen molar-refractivity contribution in [2.75, 3.05) is 112 Å². The van der Waals surface area contributed by atoms with Crippen LogP contribution in [0.2, 0.25) is 0 Å². The van der Waals surface area contributed by atoms with Crippen molar-refractivity contribution < 1.29 is 19.1 Å². The molecule has 4 aromatic heterocycles. The number of nitrogens with zero attached hydrogens (tertiary/aromatic N) is 15. The number of rotatable bonds is 12. The number of aromatic amines is 1. The molecule has 2 aromatic carbocycles. The first kappa shape index (κ1) is 67.7. The smallest absolute Gasteiger partial charge is 0.246 e. The van der Waals surface area contributed by atoms with Gasteiger partial charge in [-0.25, -0.2) is 9.97 Å². The molecule has 0 saturated carbocycles. The summed E-state index contributed by atoms with van der Waals surface area (Å²) < 4.78 is 14.7. The van der Waals surface area contributed by atoms with Crippen LogP contribution in [0, 0.1) is 36.5 Å². The lowest BCUT2D eigenvalue weighted by Crippen LogP contribution is -2.54. The van der Waals surface area contributed by atoms with Gasteiger partial charge in [-0.2, -0.15) is 74.7 Å². The van der Waals surface area contributed by atoms with Gasteiger partial charge in [0.25, 0.3) is 0 Å². The fraction of sp³-hybridized carbons (Fsp3) is 0.492. The summed E-state index contributed by atoms with van der Waals surface area (Å²) in [4.78, 5) is 52.6. The fourth-order valence-electron chi connectivity index (χ4n) is 13.8. The lowest BCUT2D eigenvalue weighted by Gasteiger charge is -2.42. The summed E-state index contributed by atoms with van der Waals surface area (Å²) in [7, 11) is 6.22. The zero-order chi connectivity index (χ0) is 58.2. The number of carbonyl (C=O) groups excluding carboxylic acids is 2. The summed E-state index contributed by atoms with van der Waals surface area (Å²) in [5.74, 6) is 0.721. The normalized spacial score (nSPS) is 20.1. The minimum absolute atomic E-state index is 0. The number of ether oxygens (including phenoxy) is 2. The Balaban J connectivity index is 0.000000238. The third-order valence-corrected chi connectivity index (χ3v) is 18.3. The van der Waals surface area contributed by atoms with E-state index in [-0.39, 0.29) is 77.9 Å². The molecule has 0 unspecified atom stereocenters. The third-order valence-electron chi connectivity index (χ3n) is 18.3. The molecule has 6 aromatic rings. The van der Waals surface area contributed by atoms with Crippen molar-refractivity contribution in [3.8, 4) is 23.9 Å². The molecule has 0 spiro atoms. The van der Waals surface area contributed by atoms with Crippen LogP contribution in [-0.2, 0) is 42.6 Å². The Morgan fingerprint density at radius 2 is 1.10 bits per heavy atom. The number of anilines is 4. The van der Waals surface area contributed by atoms with E-state index in [1.807, 2.05) is 33.9 Å². The highest BCUT2D eigenvalue weighted by Crippen LogP contribution is 2.43. The van der Waals surface area contributed by atoms with Gasteiger partial charge >= 0.3 is 0 Å². The highest BCUT2D eigenvalue weighted by Gasteiger charge is 2.37. The number of likely N-dealkylation sites (N-methyl/N-ethyl adjacent to an activating group) is 2. The molecule has 87 heavy (non-hydrogen) atoms. The summed E-state index contributed by atoms with van der Waals surface area (Å²) in [5, 5.41) is 35.1. The van der Waals surface area contributed by atoms with Crippen molar-refractivity contribution in [2.45, 2.75) is 103 Å². The van der Waals surface area contributed by atoms with E-state index < -0.39 is 0 Å². The maximum Gasteiger partial charge on any atom is 0.246 e. The number of piperazine rings is 2. The van der Waals surface area contributed by atoms with Gasteiger partial charge in [0.15, 0.2) is 0 Å². The van der Waals surface area contributed by atoms with Crippen LogP contribution in [0.4, 0.5) is 22.7 Å². The van der Waals surface area contributed by atoms with Gasteiger partial charge in [-0.3, -0.25) is 19.4 Å². The van der Waals surface area contributed by atoms with Gasteiger partial charge in [-0.1, -0.05) is 25.3 Å². The zero-order valence-electron chi connectivity index (χ0n) is 51.3. The maximum atomic E-state index is 12.5. The summed E-state index contributed by atoms with van der Waals surface area (Å²) in [6.07, 6.45) is 12.6. The van der Waals surface area contributed by atoms with Crippen LogP contribution in [0.15, 0.2) is 62.0 Å². The topological polar surface area (TPSA) is 198 Å². The minimum Gasteiger partial charge on any atom is -0.475 e. The second-order valence-electron chi connectivity index (χ2n) is 23.4. The molecule has 4 saturated heterocycles. The molecule has 6 aliphatic heterocycles. The van der Waals surface area contributed by atoms with Crippen LogP contribution in [0.5, 0.6) is 11.8 Å². The van der Waals surface area contributed by atoms with E-state index in [0.29, 0.717) is 101 Å². The van der Waals surface area contributed by atoms with Gasteiger partial charge in [-0.05, 0) is 129 Å². The fourth-order valence-corrected chi connectivity index (χ4v) is 13.8. The lowest BCUT2D eigenvalue weighted by atomic mass is 9.96. The zero-order valence-corrected chi connectivity index (χ0v) is 55.3. The van der Waals surface area contributed by atoms with E-state index in [4.69, 9.17) is 19.4 Å².